The van der Waals surface area contributed by atoms with Gasteiger partial charge in [0.15, 0.2) is 0 Å². The van der Waals surface area contributed by atoms with Crippen molar-refractivity contribution in [2.45, 2.75) is 40.9 Å². The summed E-state index contributed by atoms with van der Waals surface area (Å²) in [6.07, 6.45) is 2.18. The first-order valence-corrected chi connectivity index (χ1v) is 12.0. The van der Waals surface area contributed by atoms with E-state index in [4.69, 9.17) is 0 Å². The fourth-order valence-corrected chi connectivity index (χ4v) is 5.55. The number of rotatable bonds is 8. The zero-order valence-corrected chi connectivity index (χ0v) is 18.0. The quantitative estimate of drug-likeness (QED) is 0.590. The number of benzene rings is 2. The lowest BCUT2D eigenvalue weighted by molar-refractivity contribution is 0.578. The minimum atomic E-state index is -3.76. The van der Waals surface area contributed by atoms with Gasteiger partial charge in [-0.05, 0) is 47.9 Å². The summed E-state index contributed by atoms with van der Waals surface area (Å²) < 4.78 is 41.6. The van der Waals surface area contributed by atoms with Gasteiger partial charge in [-0.2, -0.15) is 0 Å². The number of aromatic nitrogens is 1. The number of nitrogens with zero attached hydrogens (tertiary/aromatic N) is 1. The fourth-order valence-electron chi connectivity index (χ4n) is 2.96. The van der Waals surface area contributed by atoms with Crippen LogP contribution in [0, 0.1) is 0 Å². The van der Waals surface area contributed by atoms with E-state index in [0.717, 1.165) is 5.69 Å². The summed E-state index contributed by atoms with van der Waals surface area (Å²) in [7, 11) is -5.21. The van der Waals surface area contributed by atoms with Crippen molar-refractivity contribution >= 4 is 20.8 Å². The van der Waals surface area contributed by atoms with E-state index in [9.17, 15) is 12.6 Å². The highest BCUT2D eigenvalue weighted by atomic mass is 32.2. The molecule has 1 aromatic heterocycles. The molecule has 0 unspecified atom stereocenters. The van der Waals surface area contributed by atoms with E-state index < -0.39 is 20.8 Å². The molecular formula is C22H24N2O3S2. The molecular weight excluding hydrogens is 404 g/mol. The third-order valence-corrected chi connectivity index (χ3v) is 7.37. The van der Waals surface area contributed by atoms with Gasteiger partial charge in [-0.1, -0.05) is 44.2 Å². The molecule has 1 N–H and O–H groups in total. The van der Waals surface area contributed by atoms with Crippen molar-refractivity contribution in [3.05, 3.63) is 84.2 Å². The molecule has 0 saturated heterocycles. The van der Waals surface area contributed by atoms with Crippen molar-refractivity contribution in [2.75, 3.05) is 6.54 Å². The number of hydrogen-bond donors (Lipinski definition) is 1. The molecule has 0 aliphatic heterocycles. The van der Waals surface area contributed by atoms with Gasteiger partial charge in [-0.3, -0.25) is 4.98 Å². The Morgan fingerprint density at radius 3 is 2.34 bits per heavy atom. The molecule has 0 radical (unpaired) electrons. The molecule has 29 heavy (non-hydrogen) atoms. The minimum absolute atomic E-state index is 0.0107. The van der Waals surface area contributed by atoms with Crippen LogP contribution in [-0.2, 0) is 27.2 Å². The predicted octanol–water partition coefficient (Wildman–Crippen LogP) is 3.89. The van der Waals surface area contributed by atoms with Crippen LogP contribution < -0.4 is 4.72 Å². The van der Waals surface area contributed by atoms with Gasteiger partial charge in [0.1, 0.15) is 0 Å². The lowest BCUT2D eigenvalue weighted by Gasteiger charge is -2.15. The summed E-state index contributed by atoms with van der Waals surface area (Å²) in [5, 5.41) is 0. The second-order valence-corrected chi connectivity index (χ2v) is 10.1. The Hall–Kier alpha value is -2.35. The highest BCUT2D eigenvalue weighted by Crippen LogP contribution is 2.27. The number of hydrogen-bond acceptors (Lipinski definition) is 4. The van der Waals surface area contributed by atoms with Crippen molar-refractivity contribution in [3.63, 3.8) is 0 Å². The molecule has 5 nitrogen and oxygen atoms in total. The summed E-state index contributed by atoms with van der Waals surface area (Å²) in [5.41, 5.74) is 1.52. The molecule has 3 aromatic rings. The molecule has 2 aromatic carbocycles. The number of sulfonamides is 1. The van der Waals surface area contributed by atoms with Crippen LogP contribution >= 0.6 is 0 Å². The van der Waals surface area contributed by atoms with E-state index in [1.807, 2.05) is 50.2 Å². The topological polar surface area (TPSA) is 76.1 Å². The summed E-state index contributed by atoms with van der Waals surface area (Å²) >= 11 is 0. The Morgan fingerprint density at radius 2 is 1.69 bits per heavy atom. The number of nitrogens with one attached hydrogen (secondary N) is 1. The van der Waals surface area contributed by atoms with E-state index >= 15 is 0 Å². The maximum absolute atomic E-state index is 13.0. The van der Waals surface area contributed by atoms with Gasteiger partial charge in [-0.25, -0.2) is 17.3 Å². The molecule has 3 rings (SSSR count). The maximum Gasteiger partial charge on any atom is 0.240 e. The fraction of sp³-hybridized carbons (Fsp3) is 0.227. The zero-order valence-electron chi connectivity index (χ0n) is 16.4. The molecule has 0 fully saturated rings. The van der Waals surface area contributed by atoms with E-state index in [0.29, 0.717) is 21.8 Å². The monoisotopic (exact) mass is 428 g/mol. The second kappa shape index (κ2) is 9.43. The first kappa shape index (κ1) is 21.4. The van der Waals surface area contributed by atoms with Gasteiger partial charge in [0.25, 0.3) is 0 Å². The zero-order chi connectivity index (χ0) is 20.9. The third-order valence-electron chi connectivity index (χ3n) is 4.47. The molecule has 0 saturated carbocycles. The van der Waals surface area contributed by atoms with Crippen LogP contribution in [0.2, 0.25) is 0 Å². The van der Waals surface area contributed by atoms with Gasteiger partial charge < -0.3 is 0 Å². The van der Waals surface area contributed by atoms with Crippen molar-refractivity contribution in [3.8, 4) is 0 Å². The molecule has 0 aliphatic carbocycles. The Labute approximate surface area is 174 Å². The SMILES string of the molecule is CC(C)c1ccc([S@](=O)c2ccccc2)cc1S(=O)(=O)NCCc1ccccn1. The summed E-state index contributed by atoms with van der Waals surface area (Å²) in [5.74, 6) is 0.0107. The third kappa shape index (κ3) is 5.38. The number of pyridine rings is 1. The van der Waals surface area contributed by atoms with E-state index in [1.54, 1.807) is 30.5 Å². The van der Waals surface area contributed by atoms with Gasteiger partial charge in [0.2, 0.25) is 10.0 Å². The lowest BCUT2D eigenvalue weighted by atomic mass is 10.0. The average Bonchev–Trinajstić information content (AvgIpc) is 2.74. The van der Waals surface area contributed by atoms with Crippen molar-refractivity contribution in [2.24, 2.45) is 0 Å². The van der Waals surface area contributed by atoms with Gasteiger partial charge in [0.05, 0.1) is 15.7 Å². The van der Waals surface area contributed by atoms with E-state index in [2.05, 4.69) is 9.71 Å². The van der Waals surface area contributed by atoms with Crippen LogP contribution in [0.4, 0.5) is 0 Å². The van der Waals surface area contributed by atoms with Crippen LogP contribution in [0.25, 0.3) is 0 Å². The Morgan fingerprint density at radius 1 is 0.966 bits per heavy atom. The average molecular weight is 429 g/mol. The van der Waals surface area contributed by atoms with Crippen LogP contribution in [0.15, 0.2) is 87.6 Å². The Balaban J connectivity index is 1.88. The summed E-state index contributed by atoms with van der Waals surface area (Å²) in [6.45, 7) is 4.12. The highest BCUT2D eigenvalue weighted by Gasteiger charge is 2.22. The minimum Gasteiger partial charge on any atom is -0.261 e. The Kier molecular flexibility index (Phi) is 6.95. The maximum atomic E-state index is 13.0. The van der Waals surface area contributed by atoms with Crippen molar-refractivity contribution in [1.29, 1.82) is 0 Å². The molecule has 0 amide bonds. The molecule has 0 aliphatic rings. The van der Waals surface area contributed by atoms with Gasteiger partial charge in [-0.15, -0.1) is 0 Å². The molecule has 1 atom stereocenters. The normalized spacial score (nSPS) is 12.8. The largest absolute Gasteiger partial charge is 0.261 e. The second-order valence-electron chi connectivity index (χ2n) is 6.90. The van der Waals surface area contributed by atoms with Crippen LogP contribution in [0.1, 0.15) is 31.0 Å². The van der Waals surface area contributed by atoms with Crippen LogP contribution in [-0.4, -0.2) is 24.2 Å². The van der Waals surface area contributed by atoms with E-state index in [-0.39, 0.29) is 17.4 Å². The van der Waals surface area contributed by atoms with Crippen LogP contribution in [0.3, 0.4) is 0 Å². The van der Waals surface area contributed by atoms with Crippen molar-refractivity contribution in [1.82, 2.24) is 9.71 Å². The summed E-state index contributed by atoms with van der Waals surface area (Å²) in [6, 6.07) is 19.6. The Bertz CT molecular complexity index is 1080. The first-order chi connectivity index (χ1) is 13.9. The van der Waals surface area contributed by atoms with Gasteiger partial charge in [0, 0.05) is 34.6 Å². The molecule has 152 valence electrons. The molecule has 1 heterocycles. The predicted molar refractivity (Wildman–Crippen MR) is 115 cm³/mol. The molecule has 7 heteroatoms. The standard InChI is InChI=1S/C22H24N2O3S2/c1-17(2)21-12-11-20(28(25)19-9-4-3-5-10-19)16-22(21)29(26,27)24-15-13-18-8-6-7-14-23-18/h3-12,14,16-17,24H,13,15H2,1-2H3/t28-/m1/s1. The van der Waals surface area contributed by atoms with Crippen molar-refractivity contribution < 1.29 is 12.6 Å². The van der Waals surface area contributed by atoms with Crippen LogP contribution in [0.5, 0.6) is 0 Å². The molecule has 0 spiro atoms. The van der Waals surface area contributed by atoms with Gasteiger partial charge >= 0.3 is 0 Å². The molecule has 0 bridgehead atoms. The lowest BCUT2D eigenvalue weighted by Crippen LogP contribution is -2.27. The van der Waals surface area contributed by atoms with E-state index in [1.165, 1.54) is 6.07 Å². The smallest absolute Gasteiger partial charge is 0.240 e. The highest BCUT2D eigenvalue weighted by molar-refractivity contribution is 7.89. The summed E-state index contributed by atoms with van der Waals surface area (Å²) in [4.78, 5) is 5.49. The first-order valence-electron chi connectivity index (χ1n) is 9.39.